The second-order valence-corrected chi connectivity index (χ2v) is 7.24. The summed E-state index contributed by atoms with van der Waals surface area (Å²) in [7, 11) is 1.64. The summed E-state index contributed by atoms with van der Waals surface area (Å²) in [5.74, 6) is 0.697. The van der Waals surface area contributed by atoms with Crippen molar-refractivity contribution >= 4 is 21.9 Å². The van der Waals surface area contributed by atoms with Crippen LogP contribution in [0.5, 0.6) is 5.75 Å². The number of nitrogens with one attached hydrogen (secondary N) is 2. The Morgan fingerprint density at radius 2 is 2.03 bits per heavy atom. The van der Waals surface area contributed by atoms with Crippen LogP contribution in [0.1, 0.15) is 17.1 Å². The topological polar surface area (TPSA) is 101 Å². The van der Waals surface area contributed by atoms with E-state index in [4.69, 9.17) is 4.74 Å². The SMILES string of the molecule is COc1cc2c(cc1-c1c(C)n[nH]c1C)ncc1[nH]c(=O)n(Cc3ccccn3)c12. The van der Waals surface area contributed by atoms with Crippen LogP contribution in [0, 0.1) is 13.8 Å². The number of rotatable bonds is 4. The number of ether oxygens (including phenoxy) is 1. The van der Waals surface area contributed by atoms with Gasteiger partial charge in [-0.1, -0.05) is 6.07 Å². The predicted molar refractivity (Wildman–Crippen MR) is 115 cm³/mol. The fourth-order valence-electron chi connectivity index (χ4n) is 3.99. The Morgan fingerprint density at radius 3 is 2.73 bits per heavy atom. The molecule has 2 N–H and O–H groups in total. The summed E-state index contributed by atoms with van der Waals surface area (Å²) in [6.45, 7) is 4.30. The second kappa shape index (κ2) is 6.84. The molecule has 0 atom stereocenters. The molecule has 8 heteroatoms. The van der Waals surface area contributed by atoms with Crippen LogP contribution >= 0.6 is 0 Å². The number of hydrogen-bond acceptors (Lipinski definition) is 5. The average molecular weight is 400 g/mol. The van der Waals surface area contributed by atoms with E-state index in [2.05, 4.69) is 25.1 Å². The first-order chi connectivity index (χ1) is 14.6. The zero-order chi connectivity index (χ0) is 20.8. The molecule has 0 amide bonds. The molecule has 0 aliphatic rings. The first kappa shape index (κ1) is 18.1. The maximum atomic E-state index is 12.7. The Bertz CT molecular complexity index is 1430. The highest BCUT2D eigenvalue weighted by Crippen LogP contribution is 2.38. The number of H-pyrrole nitrogens is 2. The lowest BCUT2D eigenvalue weighted by atomic mass is 10.00. The monoisotopic (exact) mass is 400 g/mol. The summed E-state index contributed by atoms with van der Waals surface area (Å²) in [4.78, 5) is 24.5. The molecular formula is C22H20N6O2. The van der Waals surface area contributed by atoms with Crippen molar-refractivity contribution in [3.8, 4) is 16.9 Å². The van der Waals surface area contributed by atoms with Crippen LogP contribution < -0.4 is 10.4 Å². The molecule has 4 heterocycles. The van der Waals surface area contributed by atoms with Gasteiger partial charge in [0.15, 0.2) is 0 Å². The molecule has 0 bridgehead atoms. The van der Waals surface area contributed by atoms with E-state index in [1.165, 1.54) is 0 Å². The predicted octanol–water partition coefficient (Wildman–Crippen LogP) is 3.34. The van der Waals surface area contributed by atoms with Gasteiger partial charge in [0.2, 0.25) is 0 Å². The molecule has 0 saturated carbocycles. The number of benzene rings is 1. The van der Waals surface area contributed by atoms with Crippen LogP contribution in [-0.4, -0.2) is 36.8 Å². The largest absolute Gasteiger partial charge is 0.496 e. The van der Waals surface area contributed by atoms with E-state index in [0.29, 0.717) is 17.8 Å². The normalized spacial score (nSPS) is 11.4. The Balaban J connectivity index is 1.79. The third kappa shape index (κ3) is 2.76. The summed E-state index contributed by atoms with van der Waals surface area (Å²) < 4.78 is 7.41. The van der Waals surface area contributed by atoms with Gasteiger partial charge in [0, 0.05) is 28.4 Å². The summed E-state index contributed by atoms with van der Waals surface area (Å²) in [5, 5.41) is 8.16. The van der Waals surface area contributed by atoms with Gasteiger partial charge in [-0.25, -0.2) is 4.79 Å². The summed E-state index contributed by atoms with van der Waals surface area (Å²) >= 11 is 0. The van der Waals surface area contributed by atoms with Crippen LogP contribution in [0.4, 0.5) is 0 Å². The van der Waals surface area contributed by atoms with Crippen LogP contribution in [0.2, 0.25) is 0 Å². The number of imidazole rings is 1. The van der Waals surface area contributed by atoms with Crippen LogP contribution in [0.3, 0.4) is 0 Å². The molecule has 0 aliphatic heterocycles. The minimum Gasteiger partial charge on any atom is -0.496 e. The number of fused-ring (bicyclic) bond motifs is 3. The standard InChI is InChI=1S/C22H20N6O2/c1-12-20(13(2)27-26-12)16-8-17-15(9-19(16)30-3)21-18(10-24-17)25-22(29)28(21)11-14-6-4-5-7-23-14/h4-10H,11H2,1-3H3,(H,25,29)(H,26,27). The number of hydrogen-bond donors (Lipinski definition) is 2. The summed E-state index contributed by atoms with van der Waals surface area (Å²) in [6, 6.07) is 9.59. The van der Waals surface area contributed by atoms with E-state index in [1.54, 1.807) is 24.1 Å². The molecule has 30 heavy (non-hydrogen) atoms. The average Bonchev–Trinajstić information content (AvgIpc) is 3.26. The third-order valence-corrected chi connectivity index (χ3v) is 5.36. The number of aromatic amines is 2. The van der Waals surface area contributed by atoms with Gasteiger partial charge in [0.25, 0.3) is 0 Å². The maximum Gasteiger partial charge on any atom is 0.326 e. The Hall–Kier alpha value is -3.94. The first-order valence-electron chi connectivity index (χ1n) is 9.58. The molecule has 0 unspecified atom stereocenters. The molecule has 1 aromatic carbocycles. The minimum atomic E-state index is -0.200. The van der Waals surface area contributed by atoms with E-state index in [0.717, 1.165) is 44.6 Å². The molecule has 0 radical (unpaired) electrons. The Morgan fingerprint density at radius 1 is 1.17 bits per heavy atom. The van der Waals surface area contributed by atoms with Crippen molar-refractivity contribution in [3.63, 3.8) is 0 Å². The lowest BCUT2D eigenvalue weighted by Crippen LogP contribution is -2.18. The summed E-state index contributed by atoms with van der Waals surface area (Å²) in [6.07, 6.45) is 3.42. The van der Waals surface area contributed by atoms with Crippen molar-refractivity contribution in [1.82, 2.24) is 29.7 Å². The number of nitrogens with zero attached hydrogens (tertiary/aromatic N) is 4. The van der Waals surface area contributed by atoms with Gasteiger partial charge < -0.3 is 9.72 Å². The van der Waals surface area contributed by atoms with Crippen molar-refractivity contribution in [2.24, 2.45) is 0 Å². The van der Waals surface area contributed by atoms with Gasteiger partial charge in [-0.2, -0.15) is 5.10 Å². The van der Waals surface area contributed by atoms with Crippen molar-refractivity contribution in [2.45, 2.75) is 20.4 Å². The molecule has 4 aromatic heterocycles. The maximum absolute atomic E-state index is 12.7. The zero-order valence-corrected chi connectivity index (χ0v) is 16.9. The number of aryl methyl sites for hydroxylation is 2. The van der Waals surface area contributed by atoms with Gasteiger partial charge in [-0.15, -0.1) is 0 Å². The molecule has 0 spiro atoms. The first-order valence-corrected chi connectivity index (χ1v) is 9.58. The van der Waals surface area contributed by atoms with E-state index in [1.807, 2.05) is 44.2 Å². The van der Waals surface area contributed by atoms with Gasteiger partial charge in [-0.05, 0) is 38.1 Å². The van der Waals surface area contributed by atoms with Gasteiger partial charge in [-0.3, -0.25) is 19.6 Å². The van der Waals surface area contributed by atoms with Crippen molar-refractivity contribution < 1.29 is 4.74 Å². The highest BCUT2D eigenvalue weighted by Gasteiger charge is 2.18. The quantitative estimate of drug-likeness (QED) is 0.482. The molecule has 0 aliphatic carbocycles. The lowest BCUT2D eigenvalue weighted by Gasteiger charge is -2.12. The molecule has 5 rings (SSSR count). The zero-order valence-electron chi connectivity index (χ0n) is 16.9. The molecule has 0 saturated heterocycles. The van der Waals surface area contributed by atoms with E-state index < -0.39 is 0 Å². The van der Waals surface area contributed by atoms with Crippen molar-refractivity contribution in [2.75, 3.05) is 7.11 Å². The van der Waals surface area contributed by atoms with Crippen LogP contribution in [-0.2, 0) is 6.54 Å². The molecule has 5 aromatic rings. The highest BCUT2D eigenvalue weighted by atomic mass is 16.5. The summed E-state index contributed by atoms with van der Waals surface area (Å²) in [5.41, 5.74) is 6.58. The minimum absolute atomic E-state index is 0.200. The Labute approximate surface area is 171 Å². The number of pyridine rings is 2. The van der Waals surface area contributed by atoms with Gasteiger partial charge >= 0.3 is 5.69 Å². The second-order valence-electron chi connectivity index (χ2n) is 7.24. The molecule has 150 valence electrons. The van der Waals surface area contributed by atoms with Crippen LogP contribution in [0.25, 0.3) is 33.1 Å². The van der Waals surface area contributed by atoms with E-state index in [-0.39, 0.29) is 5.69 Å². The number of methoxy groups -OCH3 is 1. The van der Waals surface area contributed by atoms with Gasteiger partial charge in [0.1, 0.15) is 5.75 Å². The van der Waals surface area contributed by atoms with E-state index in [9.17, 15) is 4.79 Å². The van der Waals surface area contributed by atoms with Gasteiger partial charge in [0.05, 0.1) is 47.8 Å². The third-order valence-electron chi connectivity index (χ3n) is 5.36. The lowest BCUT2D eigenvalue weighted by molar-refractivity contribution is 0.417. The Kier molecular flexibility index (Phi) is 4.13. The molecular weight excluding hydrogens is 380 g/mol. The van der Waals surface area contributed by atoms with E-state index >= 15 is 0 Å². The van der Waals surface area contributed by atoms with Crippen LogP contribution in [0.15, 0.2) is 47.5 Å². The molecule has 0 fully saturated rings. The smallest absolute Gasteiger partial charge is 0.326 e. The highest BCUT2D eigenvalue weighted by molar-refractivity contribution is 6.04. The number of aromatic nitrogens is 6. The fraction of sp³-hybridized carbons (Fsp3) is 0.182. The fourth-order valence-corrected chi connectivity index (χ4v) is 3.99. The van der Waals surface area contributed by atoms with Crippen molar-refractivity contribution in [3.05, 3.63) is 70.3 Å². The van der Waals surface area contributed by atoms with Crippen molar-refractivity contribution in [1.29, 1.82) is 0 Å². The molecule has 8 nitrogen and oxygen atoms in total.